The highest BCUT2D eigenvalue weighted by atomic mass is 35.5. The summed E-state index contributed by atoms with van der Waals surface area (Å²) in [4.78, 5) is 42.4. The molecule has 152 valence electrons. The Morgan fingerprint density at radius 3 is 2.62 bits per heavy atom. The second-order valence-corrected chi connectivity index (χ2v) is 8.06. The van der Waals surface area contributed by atoms with E-state index in [9.17, 15) is 14.4 Å². The molecule has 2 heterocycles. The molecule has 0 saturated heterocycles. The number of hydrogen-bond acceptors (Lipinski definition) is 5. The number of benzene rings is 1. The molecule has 7 nitrogen and oxygen atoms in total. The van der Waals surface area contributed by atoms with Crippen molar-refractivity contribution in [3.05, 3.63) is 61.4 Å². The fourth-order valence-corrected chi connectivity index (χ4v) is 4.20. The van der Waals surface area contributed by atoms with Crippen molar-refractivity contribution in [2.75, 3.05) is 11.1 Å². The maximum atomic E-state index is 12.8. The van der Waals surface area contributed by atoms with Crippen molar-refractivity contribution in [1.82, 2.24) is 14.1 Å². The molecule has 0 bridgehead atoms. The lowest BCUT2D eigenvalue weighted by molar-refractivity contribution is -0.113. The van der Waals surface area contributed by atoms with Crippen LogP contribution in [0.3, 0.4) is 0 Å². The molecule has 1 N–H and O–H groups in total. The maximum absolute atomic E-state index is 12.8. The van der Waals surface area contributed by atoms with Crippen LogP contribution in [0, 0.1) is 6.92 Å². The van der Waals surface area contributed by atoms with Gasteiger partial charge >= 0.3 is 5.69 Å². The van der Waals surface area contributed by atoms with E-state index in [1.165, 1.54) is 23.4 Å². The number of aryl methyl sites for hydroxylation is 3. The number of hydrogen-bond donors (Lipinski definition) is 1. The molecule has 0 aliphatic rings. The minimum Gasteiger partial charge on any atom is -0.325 e. The van der Waals surface area contributed by atoms with Crippen LogP contribution < -0.4 is 16.6 Å². The van der Waals surface area contributed by atoms with Crippen molar-refractivity contribution in [1.29, 1.82) is 0 Å². The first-order chi connectivity index (χ1) is 13.7. The predicted molar refractivity (Wildman–Crippen MR) is 117 cm³/mol. The highest BCUT2D eigenvalue weighted by Gasteiger charge is 2.18. The first-order valence-electron chi connectivity index (χ1n) is 9.01. The molecule has 0 aliphatic heterocycles. The van der Waals surface area contributed by atoms with Crippen molar-refractivity contribution in [2.24, 2.45) is 14.1 Å². The van der Waals surface area contributed by atoms with Crippen LogP contribution in [0.15, 0.2) is 38.9 Å². The minimum absolute atomic E-state index is 0.101. The van der Waals surface area contributed by atoms with E-state index >= 15 is 0 Å². The van der Waals surface area contributed by atoms with Gasteiger partial charge < -0.3 is 5.32 Å². The van der Waals surface area contributed by atoms with Crippen LogP contribution in [0.5, 0.6) is 0 Å². The third-order valence-corrected chi connectivity index (χ3v) is 6.25. The fourth-order valence-electron chi connectivity index (χ4n) is 2.96. The maximum Gasteiger partial charge on any atom is 0.332 e. The molecule has 0 radical (unpaired) electrons. The number of thioether (sulfide) groups is 1. The molecule has 1 amide bonds. The molecular formula is C20H21ClN4O3S. The summed E-state index contributed by atoms with van der Waals surface area (Å²) in [6.07, 6.45) is 2.30. The van der Waals surface area contributed by atoms with Crippen molar-refractivity contribution in [3.63, 3.8) is 0 Å². The first-order valence-corrected chi connectivity index (χ1v) is 10.4. The van der Waals surface area contributed by atoms with E-state index in [1.54, 1.807) is 25.4 Å². The van der Waals surface area contributed by atoms with Crippen LogP contribution in [0.4, 0.5) is 5.69 Å². The Morgan fingerprint density at radius 1 is 1.24 bits per heavy atom. The van der Waals surface area contributed by atoms with Crippen molar-refractivity contribution < 1.29 is 4.79 Å². The molecule has 0 fully saturated rings. The Bertz CT molecular complexity index is 1230. The third kappa shape index (κ3) is 4.09. The number of carbonyl (C=O) groups excluding carboxylic acids is 1. The number of halogens is 1. The van der Waals surface area contributed by atoms with E-state index in [0.29, 0.717) is 33.1 Å². The van der Waals surface area contributed by atoms with Gasteiger partial charge in [0.2, 0.25) is 5.91 Å². The molecule has 3 rings (SSSR count). The van der Waals surface area contributed by atoms with Crippen LogP contribution in [0.2, 0.25) is 5.02 Å². The highest BCUT2D eigenvalue weighted by Crippen LogP contribution is 2.29. The molecule has 9 heteroatoms. The van der Waals surface area contributed by atoms with E-state index in [0.717, 1.165) is 15.7 Å². The van der Waals surface area contributed by atoms with Crippen LogP contribution >= 0.6 is 23.4 Å². The van der Waals surface area contributed by atoms with E-state index < -0.39 is 11.2 Å². The van der Waals surface area contributed by atoms with Gasteiger partial charge in [-0.25, -0.2) is 9.78 Å². The summed E-state index contributed by atoms with van der Waals surface area (Å²) in [7, 11) is 3.01. The molecule has 3 aromatic rings. The van der Waals surface area contributed by atoms with Gasteiger partial charge in [0.1, 0.15) is 5.65 Å². The Hall–Kier alpha value is -2.58. The number of fused-ring (bicyclic) bond motifs is 1. The van der Waals surface area contributed by atoms with Crippen LogP contribution in [-0.2, 0) is 25.3 Å². The van der Waals surface area contributed by atoms with E-state index in [-0.39, 0.29) is 11.7 Å². The van der Waals surface area contributed by atoms with Crippen LogP contribution in [0.25, 0.3) is 11.0 Å². The van der Waals surface area contributed by atoms with Gasteiger partial charge in [-0.1, -0.05) is 24.6 Å². The summed E-state index contributed by atoms with van der Waals surface area (Å²) in [5, 5.41) is 3.74. The zero-order valence-corrected chi connectivity index (χ0v) is 18.1. The Morgan fingerprint density at radius 2 is 1.97 bits per heavy atom. The lowest BCUT2D eigenvalue weighted by Crippen LogP contribution is -2.37. The normalized spacial score (nSPS) is 11.1. The molecule has 0 atom stereocenters. The minimum atomic E-state index is -0.441. The number of carbonyl (C=O) groups is 1. The number of amides is 1. The second-order valence-electron chi connectivity index (χ2n) is 6.67. The van der Waals surface area contributed by atoms with Crippen molar-refractivity contribution >= 4 is 46.0 Å². The number of pyridine rings is 1. The second kappa shape index (κ2) is 8.42. The number of nitrogens with zero attached hydrogens (tertiary/aromatic N) is 3. The summed E-state index contributed by atoms with van der Waals surface area (Å²) < 4.78 is 2.40. The van der Waals surface area contributed by atoms with E-state index in [4.69, 9.17) is 11.6 Å². The zero-order valence-electron chi connectivity index (χ0n) is 16.6. The third-order valence-electron chi connectivity index (χ3n) is 4.68. The molecule has 2 aromatic heterocycles. The van der Waals surface area contributed by atoms with E-state index in [2.05, 4.69) is 10.3 Å². The Balaban J connectivity index is 1.94. The van der Waals surface area contributed by atoms with Crippen LogP contribution in [0.1, 0.15) is 18.1 Å². The molecule has 1 aromatic carbocycles. The monoisotopic (exact) mass is 432 g/mol. The Labute approximate surface area is 176 Å². The average molecular weight is 433 g/mol. The molecule has 0 spiro atoms. The summed E-state index contributed by atoms with van der Waals surface area (Å²) in [5.41, 5.74) is 1.84. The van der Waals surface area contributed by atoms with Crippen molar-refractivity contribution in [2.45, 2.75) is 25.2 Å². The average Bonchev–Trinajstić information content (AvgIpc) is 2.71. The van der Waals surface area contributed by atoms with Gasteiger partial charge in [0, 0.05) is 35.9 Å². The van der Waals surface area contributed by atoms with Gasteiger partial charge in [0.05, 0.1) is 11.1 Å². The standard InChI is InChI=1S/C20H21ClN4O3S/c1-5-12-9-22-18-16(19(27)25(4)20(28)24(18)3)17(12)29-10-15(26)23-13-7-6-11(2)14(21)8-13/h6-9H,5,10H2,1-4H3,(H,23,26). The van der Waals surface area contributed by atoms with Gasteiger partial charge in [0.15, 0.2) is 0 Å². The largest absolute Gasteiger partial charge is 0.332 e. The molecular weight excluding hydrogens is 412 g/mol. The van der Waals surface area contributed by atoms with E-state index in [1.807, 2.05) is 19.9 Å². The molecule has 0 unspecified atom stereocenters. The van der Waals surface area contributed by atoms with Gasteiger partial charge in [-0.05, 0) is 36.6 Å². The number of rotatable bonds is 5. The van der Waals surface area contributed by atoms with Crippen LogP contribution in [-0.4, -0.2) is 25.8 Å². The molecule has 29 heavy (non-hydrogen) atoms. The summed E-state index contributed by atoms with van der Waals surface area (Å²) in [6.45, 7) is 3.84. The topological polar surface area (TPSA) is 86.0 Å². The molecule has 0 aliphatic carbocycles. The zero-order chi connectivity index (χ0) is 21.3. The van der Waals surface area contributed by atoms with Gasteiger partial charge in [-0.3, -0.25) is 18.7 Å². The predicted octanol–water partition coefficient (Wildman–Crippen LogP) is 2.89. The van der Waals surface area contributed by atoms with Gasteiger partial charge in [-0.2, -0.15) is 0 Å². The lowest BCUT2D eigenvalue weighted by Gasteiger charge is -2.13. The number of nitrogens with one attached hydrogen (secondary N) is 1. The summed E-state index contributed by atoms with van der Waals surface area (Å²) in [5.74, 6) is -0.118. The Kier molecular flexibility index (Phi) is 6.14. The summed E-state index contributed by atoms with van der Waals surface area (Å²) in [6, 6.07) is 5.32. The van der Waals surface area contributed by atoms with Gasteiger partial charge in [0.25, 0.3) is 5.56 Å². The highest BCUT2D eigenvalue weighted by molar-refractivity contribution is 8.00. The quantitative estimate of drug-likeness (QED) is 0.626. The lowest BCUT2D eigenvalue weighted by atomic mass is 10.2. The number of anilines is 1. The smallest absolute Gasteiger partial charge is 0.325 e. The number of aromatic nitrogens is 3. The SMILES string of the molecule is CCc1cnc2c(c1SCC(=O)Nc1ccc(C)c(Cl)c1)c(=O)n(C)c(=O)n2C. The van der Waals surface area contributed by atoms with Gasteiger partial charge in [-0.15, -0.1) is 11.8 Å². The first kappa shape index (κ1) is 21.1. The molecule has 0 saturated carbocycles. The fraction of sp³-hybridized carbons (Fsp3) is 0.300. The summed E-state index contributed by atoms with van der Waals surface area (Å²) >= 11 is 7.37. The van der Waals surface area contributed by atoms with Crippen molar-refractivity contribution in [3.8, 4) is 0 Å².